The second-order valence-electron chi connectivity index (χ2n) is 8.87. The molecule has 0 saturated heterocycles. The summed E-state index contributed by atoms with van der Waals surface area (Å²) in [5.41, 5.74) is 9.62. The minimum atomic E-state index is -1.11. The van der Waals surface area contributed by atoms with Crippen molar-refractivity contribution in [2.45, 2.75) is 25.4 Å². The number of nitrogens with one attached hydrogen (secondary N) is 1. The number of fused-ring (bicyclic) bond motifs is 1. The number of nitrogens with zero attached hydrogens (tertiary/aromatic N) is 4. The Morgan fingerprint density at radius 1 is 0.973 bits per heavy atom. The number of hydrogen-bond acceptors (Lipinski definition) is 6. The largest absolute Gasteiger partial charge is 0.365 e. The number of carbonyl (C=O) groups is 3. The monoisotopic (exact) mass is 494 g/mol. The Bertz CT molecular complexity index is 1450. The van der Waals surface area contributed by atoms with Gasteiger partial charge in [-0.3, -0.25) is 14.4 Å². The normalized spacial score (nSPS) is 13.1. The number of amides is 2. The van der Waals surface area contributed by atoms with Gasteiger partial charge < -0.3 is 16.0 Å². The Kier molecular flexibility index (Phi) is 6.76. The Labute approximate surface area is 213 Å². The zero-order valence-corrected chi connectivity index (χ0v) is 20.1. The van der Waals surface area contributed by atoms with Crippen molar-refractivity contribution in [3.05, 3.63) is 108 Å². The first-order chi connectivity index (χ1) is 18.0. The smallest absolute Gasteiger partial charge is 0.287 e. The second kappa shape index (κ2) is 10.4. The number of para-hydroxylation sites is 1. The SMILES string of the molecule is NC(=O)C(=O)C(Cc1ccccc1)NC(=O)c1cccnc1-n1ccc(CN2CCc3ccccc32)n1. The third-order valence-corrected chi connectivity index (χ3v) is 6.38. The van der Waals surface area contributed by atoms with Crippen molar-refractivity contribution in [1.82, 2.24) is 20.1 Å². The lowest BCUT2D eigenvalue weighted by molar-refractivity contribution is -0.137. The molecule has 3 heterocycles. The highest BCUT2D eigenvalue weighted by Gasteiger charge is 2.27. The first-order valence-electron chi connectivity index (χ1n) is 12.0. The van der Waals surface area contributed by atoms with Gasteiger partial charge in [0.2, 0.25) is 5.78 Å². The standard InChI is InChI=1S/C28H26N6O3/c29-26(36)25(35)23(17-19-7-2-1-3-8-19)31-28(37)22-10-6-14-30-27(22)34-16-13-21(32-34)18-33-15-12-20-9-4-5-11-24(20)33/h1-11,13-14,16,23H,12,15,17-18H2,(H2,29,36)(H,31,37). The molecule has 5 rings (SSSR count). The van der Waals surface area contributed by atoms with E-state index >= 15 is 0 Å². The fourth-order valence-electron chi connectivity index (χ4n) is 4.55. The number of primary amides is 1. The molecule has 1 aliphatic rings. The van der Waals surface area contributed by atoms with E-state index in [1.807, 2.05) is 48.5 Å². The lowest BCUT2D eigenvalue weighted by Crippen LogP contribution is -2.47. The Morgan fingerprint density at radius 3 is 2.57 bits per heavy atom. The summed E-state index contributed by atoms with van der Waals surface area (Å²) in [6.07, 6.45) is 4.45. The number of pyridine rings is 1. The van der Waals surface area contributed by atoms with Crippen molar-refractivity contribution >= 4 is 23.3 Å². The first-order valence-corrected chi connectivity index (χ1v) is 12.0. The molecule has 186 valence electrons. The van der Waals surface area contributed by atoms with E-state index in [1.54, 1.807) is 29.2 Å². The van der Waals surface area contributed by atoms with Crippen LogP contribution in [0.3, 0.4) is 0 Å². The summed E-state index contributed by atoms with van der Waals surface area (Å²) in [4.78, 5) is 44.1. The van der Waals surface area contributed by atoms with Gasteiger partial charge in [-0.15, -0.1) is 0 Å². The van der Waals surface area contributed by atoms with Crippen molar-refractivity contribution < 1.29 is 14.4 Å². The summed E-state index contributed by atoms with van der Waals surface area (Å²) in [5.74, 6) is -2.20. The third-order valence-electron chi connectivity index (χ3n) is 6.38. The van der Waals surface area contributed by atoms with E-state index in [9.17, 15) is 14.4 Å². The molecule has 1 unspecified atom stereocenters. The number of nitrogens with two attached hydrogens (primary N) is 1. The molecule has 0 spiro atoms. The average molecular weight is 495 g/mol. The lowest BCUT2D eigenvalue weighted by atomic mass is 10.0. The summed E-state index contributed by atoms with van der Waals surface area (Å²) in [7, 11) is 0. The van der Waals surface area contributed by atoms with Crippen molar-refractivity contribution in [2.24, 2.45) is 5.73 Å². The van der Waals surface area contributed by atoms with Crippen LogP contribution in [0.2, 0.25) is 0 Å². The zero-order chi connectivity index (χ0) is 25.8. The Balaban J connectivity index is 1.35. The number of benzene rings is 2. The van der Waals surface area contributed by atoms with E-state index < -0.39 is 23.6 Å². The highest BCUT2D eigenvalue weighted by molar-refractivity contribution is 6.38. The van der Waals surface area contributed by atoms with Gasteiger partial charge in [0.05, 0.1) is 17.8 Å². The third kappa shape index (κ3) is 5.25. The molecule has 0 saturated carbocycles. The van der Waals surface area contributed by atoms with Gasteiger partial charge in [-0.2, -0.15) is 5.10 Å². The fraction of sp³-hybridized carbons (Fsp3) is 0.179. The molecule has 1 aliphatic heterocycles. The van der Waals surface area contributed by atoms with Crippen LogP contribution < -0.4 is 16.0 Å². The molecule has 4 aromatic rings. The number of aromatic nitrogens is 3. The summed E-state index contributed by atoms with van der Waals surface area (Å²) >= 11 is 0. The maximum atomic E-state index is 13.3. The Morgan fingerprint density at radius 2 is 1.76 bits per heavy atom. The van der Waals surface area contributed by atoms with E-state index in [0.717, 1.165) is 24.2 Å². The summed E-state index contributed by atoms with van der Waals surface area (Å²) in [5, 5.41) is 7.33. The van der Waals surface area contributed by atoms with E-state index in [0.29, 0.717) is 12.4 Å². The molecule has 2 amide bonds. The molecule has 3 N–H and O–H groups in total. The molecule has 0 aliphatic carbocycles. The van der Waals surface area contributed by atoms with Crippen LogP contribution in [0.4, 0.5) is 5.69 Å². The summed E-state index contributed by atoms with van der Waals surface area (Å²) in [6, 6.07) is 21.5. The van der Waals surface area contributed by atoms with Crippen LogP contribution in [0.5, 0.6) is 0 Å². The van der Waals surface area contributed by atoms with E-state index in [1.165, 1.54) is 11.3 Å². The van der Waals surface area contributed by atoms with Crippen LogP contribution >= 0.6 is 0 Å². The molecule has 1 atom stereocenters. The van der Waals surface area contributed by atoms with E-state index in [2.05, 4.69) is 32.4 Å². The molecular weight excluding hydrogens is 468 g/mol. The average Bonchev–Trinajstić information content (AvgIpc) is 3.56. The molecular formula is C28H26N6O3. The predicted molar refractivity (Wildman–Crippen MR) is 138 cm³/mol. The van der Waals surface area contributed by atoms with Crippen LogP contribution in [-0.2, 0) is 29.0 Å². The molecule has 2 aromatic carbocycles. The fourth-order valence-corrected chi connectivity index (χ4v) is 4.55. The summed E-state index contributed by atoms with van der Waals surface area (Å²) < 4.78 is 1.55. The van der Waals surface area contributed by atoms with Gasteiger partial charge in [-0.25, -0.2) is 9.67 Å². The molecule has 0 radical (unpaired) electrons. The molecule has 0 bridgehead atoms. The second-order valence-corrected chi connectivity index (χ2v) is 8.87. The maximum Gasteiger partial charge on any atom is 0.287 e. The van der Waals surface area contributed by atoms with Crippen LogP contribution in [0.25, 0.3) is 5.82 Å². The quantitative estimate of drug-likeness (QED) is 0.344. The molecule has 9 nitrogen and oxygen atoms in total. The van der Waals surface area contributed by atoms with Gasteiger partial charge in [-0.05, 0) is 41.8 Å². The van der Waals surface area contributed by atoms with Crippen molar-refractivity contribution in [3.63, 3.8) is 0 Å². The number of hydrogen-bond donors (Lipinski definition) is 2. The number of Topliss-reactive ketones (excluding diaryl/α,β-unsaturated/α-hetero) is 1. The first kappa shape index (κ1) is 23.9. The predicted octanol–water partition coefficient (Wildman–Crippen LogP) is 2.23. The number of rotatable bonds is 9. The van der Waals surface area contributed by atoms with Crippen LogP contribution in [0, 0.1) is 0 Å². The van der Waals surface area contributed by atoms with E-state index in [-0.39, 0.29) is 12.0 Å². The maximum absolute atomic E-state index is 13.3. The van der Waals surface area contributed by atoms with Gasteiger partial charge >= 0.3 is 0 Å². The number of ketones is 1. The molecule has 2 aromatic heterocycles. The van der Waals surface area contributed by atoms with Gasteiger partial charge in [0.15, 0.2) is 5.82 Å². The highest BCUT2D eigenvalue weighted by Crippen LogP contribution is 2.28. The topological polar surface area (TPSA) is 123 Å². The van der Waals surface area contributed by atoms with Gasteiger partial charge in [0.25, 0.3) is 11.8 Å². The van der Waals surface area contributed by atoms with Crippen LogP contribution in [0.15, 0.2) is 85.2 Å². The van der Waals surface area contributed by atoms with Crippen molar-refractivity contribution in [1.29, 1.82) is 0 Å². The molecule has 0 fully saturated rings. The minimum Gasteiger partial charge on any atom is -0.365 e. The number of carbonyl (C=O) groups excluding carboxylic acids is 3. The molecule has 9 heteroatoms. The summed E-state index contributed by atoms with van der Waals surface area (Å²) in [6.45, 7) is 1.55. The lowest BCUT2D eigenvalue weighted by Gasteiger charge is -2.18. The molecule has 37 heavy (non-hydrogen) atoms. The van der Waals surface area contributed by atoms with Crippen molar-refractivity contribution in [3.8, 4) is 5.82 Å². The van der Waals surface area contributed by atoms with Crippen LogP contribution in [0.1, 0.15) is 27.2 Å². The van der Waals surface area contributed by atoms with Crippen molar-refractivity contribution in [2.75, 3.05) is 11.4 Å². The van der Waals surface area contributed by atoms with Gasteiger partial charge in [0.1, 0.15) is 6.04 Å². The number of anilines is 1. The van der Waals surface area contributed by atoms with E-state index in [4.69, 9.17) is 5.73 Å². The van der Waals surface area contributed by atoms with Crippen LogP contribution in [-0.4, -0.2) is 44.9 Å². The van der Waals surface area contributed by atoms with Gasteiger partial charge in [-0.1, -0.05) is 48.5 Å². The minimum absolute atomic E-state index is 0.132. The Hall–Kier alpha value is -4.79. The van der Waals surface area contributed by atoms with Gasteiger partial charge in [0, 0.05) is 31.0 Å². The zero-order valence-electron chi connectivity index (χ0n) is 20.1. The highest BCUT2D eigenvalue weighted by atomic mass is 16.2.